The maximum absolute atomic E-state index is 12.6. The van der Waals surface area contributed by atoms with E-state index in [1.54, 1.807) is 24.5 Å². The van der Waals surface area contributed by atoms with Crippen LogP contribution in [-0.2, 0) is 25.6 Å². The molecular formula is C17H15N3O5. The molecule has 5 aliphatic rings. The van der Waals surface area contributed by atoms with Crippen LogP contribution >= 0.6 is 0 Å². The summed E-state index contributed by atoms with van der Waals surface area (Å²) >= 11 is 0. The monoisotopic (exact) mass is 341 g/mol. The zero-order chi connectivity index (χ0) is 16.6. The van der Waals surface area contributed by atoms with Gasteiger partial charge in [-0.15, -0.1) is 0 Å². The predicted molar refractivity (Wildman–Crippen MR) is 79.7 cm³/mol. The van der Waals surface area contributed by atoms with E-state index in [1.807, 2.05) is 0 Å². The second kappa shape index (κ2) is 4.64. The first-order chi connectivity index (χ1) is 12.3. The number of rotatable bonds is 4. The Morgan fingerprint density at radius 1 is 1.24 bits per heavy atom. The van der Waals surface area contributed by atoms with E-state index in [1.165, 1.54) is 0 Å². The minimum Gasteiger partial charge on any atom is -0.453 e. The molecule has 128 valence electrons. The number of carbonyl (C=O) groups is 1. The maximum atomic E-state index is 12.6. The quantitative estimate of drug-likeness (QED) is 0.755. The summed E-state index contributed by atoms with van der Waals surface area (Å²) in [6.07, 6.45) is 3.47. The summed E-state index contributed by atoms with van der Waals surface area (Å²) in [4.78, 5) is 20.8. The summed E-state index contributed by atoms with van der Waals surface area (Å²) in [5.41, 5.74) is 0.0579. The molecule has 3 aliphatic heterocycles. The van der Waals surface area contributed by atoms with Crippen molar-refractivity contribution in [2.45, 2.75) is 18.3 Å². The lowest BCUT2D eigenvalue weighted by molar-refractivity contribution is -0.161. The Bertz CT molecular complexity index is 835. The first kappa shape index (κ1) is 13.9. The molecule has 5 heterocycles. The van der Waals surface area contributed by atoms with E-state index in [-0.39, 0.29) is 36.4 Å². The van der Waals surface area contributed by atoms with Crippen LogP contribution in [0, 0.1) is 23.7 Å². The Morgan fingerprint density at radius 2 is 2.00 bits per heavy atom. The van der Waals surface area contributed by atoms with Crippen LogP contribution in [0.5, 0.6) is 0 Å². The molecule has 2 aromatic rings. The lowest BCUT2D eigenvalue weighted by atomic mass is 9.92. The van der Waals surface area contributed by atoms with Crippen LogP contribution in [0.4, 0.5) is 0 Å². The highest BCUT2D eigenvalue weighted by atomic mass is 16.6. The average Bonchev–Trinajstić information content (AvgIpc) is 3.04. The molecule has 8 nitrogen and oxygen atoms in total. The third kappa shape index (κ3) is 1.68. The number of hydrogen-bond donors (Lipinski definition) is 0. The first-order valence-electron chi connectivity index (χ1n) is 8.45. The van der Waals surface area contributed by atoms with Gasteiger partial charge < -0.3 is 18.7 Å². The molecule has 0 N–H and O–H groups in total. The molecule has 25 heavy (non-hydrogen) atoms. The molecule has 2 saturated carbocycles. The van der Waals surface area contributed by atoms with E-state index < -0.39 is 5.60 Å². The van der Waals surface area contributed by atoms with Crippen molar-refractivity contribution in [3.63, 3.8) is 0 Å². The van der Waals surface area contributed by atoms with E-state index >= 15 is 0 Å². The minimum absolute atomic E-state index is 0.0437. The van der Waals surface area contributed by atoms with Crippen LogP contribution in [0.2, 0.25) is 0 Å². The van der Waals surface area contributed by atoms with Gasteiger partial charge in [-0.1, -0.05) is 5.16 Å². The van der Waals surface area contributed by atoms with Gasteiger partial charge in [-0.05, 0) is 12.1 Å². The fourth-order valence-corrected chi connectivity index (χ4v) is 5.10. The van der Waals surface area contributed by atoms with Gasteiger partial charge in [0.15, 0.2) is 12.2 Å². The number of hydrogen-bond acceptors (Lipinski definition) is 8. The van der Waals surface area contributed by atoms with Gasteiger partial charge >= 0.3 is 5.97 Å². The highest BCUT2D eigenvalue weighted by molar-refractivity contribution is 5.86. The normalized spacial score (nSPS) is 39.4. The first-order valence-corrected chi connectivity index (χ1v) is 8.45. The molecular weight excluding hydrogens is 326 g/mol. The van der Waals surface area contributed by atoms with Crippen molar-refractivity contribution in [1.29, 1.82) is 0 Å². The maximum Gasteiger partial charge on any atom is 0.339 e. The number of nitrogens with zero attached hydrogens (tertiary/aromatic N) is 3. The molecule has 6 bridgehead atoms. The average molecular weight is 341 g/mol. The van der Waals surface area contributed by atoms with Crippen molar-refractivity contribution < 1.29 is 23.5 Å². The van der Waals surface area contributed by atoms with Gasteiger partial charge in [-0.3, -0.25) is 4.98 Å². The summed E-state index contributed by atoms with van der Waals surface area (Å²) < 4.78 is 22.3. The zero-order valence-electron chi connectivity index (χ0n) is 13.2. The predicted octanol–water partition coefficient (Wildman–Crippen LogP) is 0.835. The fourth-order valence-electron chi connectivity index (χ4n) is 5.10. The Balaban J connectivity index is 1.15. The summed E-state index contributed by atoms with van der Waals surface area (Å²) in [6.45, 7) is 1.34. The lowest BCUT2D eigenvalue weighted by Crippen LogP contribution is -2.32. The highest BCUT2D eigenvalue weighted by Crippen LogP contribution is 2.76. The zero-order valence-corrected chi connectivity index (χ0v) is 13.2. The number of pyridine rings is 1. The molecule has 5 fully saturated rings. The highest BCUT2D eigenvalue weighted by Gasteiger charge is 2.89. The molecule has 8 heteroatoms. The fraction of sp³-hybridized carbons (Fsp3) is 0.529. The van der Waals surface area contributed by atoms with Gasteiger partial charge in [0.05, 0.1) is 19.3 Å². The van der Waals surface area contributed by atoms with Crippen molar-refractivity contribution in [2.24, 2.45) is 23.7 Å². The number of ether oxygens (including phenoxy) is 3. The molecule has 0 aromatic carbocycles. The van der Waals surface area contributed by atoms with Gasteiger partial charge in [0.25, 0.3) is 5.89 Å². The summed E-state index contributed by atoms with van der Waals surface area (Å²) in [5, 5.41) is 3.91. The molecule has 2 aliphatic carbocycles. The summed E-state index contributed by atoms with van der Waals surface area (Å²) in [5.74, 6) is 1.61. The molecule has 4 unspecified atom stereocenters. The van der Waals surface area contributed by atoms with Gasteiger partial charge in [0.1, 0.15) is 0 Å². The number of carbonyl (C=O) groups excluding carboxylic acids is 1. The van der Waals surface area contributed by atoms with Crippen LogP contribution in [0.3, 0.4) is 0 Å². The van der Waals surface area contributed by atoms with Crippen molar-refractivity contribution in [2.75, 3.05) is 13.2 Å². The van der Waals surface area contributed by atoms with E-state index in [2.05, 4.69) is 15.1 Å². The van der Waals surface area contributed by atoms with Gasteiger partial charge in [0.2, 0.25) is 5.82 Å². The molecule has 0 spiro atoms. The van der Waals surface area contributed by atoms with E-state index in [4.69, 9.17) is 18.7 Å². The second-order valence-electron chi connectivity index (χ2n) is 7.12. The number of aromatic nitrogens is 3. The van der Waals surface area contributed by atoms with Gasteiger partial charge in [-0.2, -0.15) is 4.98 Å². The molecule has 7 rings (SSSR count). The van der Waals surface area contributed by atoms with Crippen molar-refractivity contribution in [3.05, 3.63) is 30.4 Å². The van der Waals surface area contributed by atoms with Gasteiger partial charge in [-0.25, -0.2) is 4.79 Å². The Labute approximate surface area is 142 Å². The minimum atomic E-state index is -0.738. The standard InChI is InChI=1S/C17H15N3O5/c21-16(17-12-9-5-22-6-10(13(12)17)14(9)24-17)23-7-11-19-15(20-25-11)8-1-3-18-4-2-8/h1-4,9-10,12-14H,5-7H2. The SMILES string of the molecule is O=C(OCc1nc(-c2ccncc2)no1)C12OC3C4COCC3C1C42. The Kier molecular flexibility index (Phi) is 2.58. The molecule has 3 saturated heterocycles. The van der Waals surface area contributed by atoms with E-state index in [0.717, 1.165) is 5.56 Å². The van der Waals surface area contributed by atoms with Crippen LogP contribution in [0.15, 0.2) is 29.0 Å². The van der Waals surface area contributed by atoms with Crippen molar-refractivity contribution >= 4 is 5.97 Å². The number of esters is 1. The largest absolute Gasteiger partial charge is 0.453 e. The van der Waals surface area contributed by atoms with Crippen LogP contribution < -0.4 is 0 Å². The molecule has 2 aromatic heterocycles. The van der Waals surface area contributed by atoms with Crippen molar-refractivity contribution in [1.82, 2.24) is 15.1 Å². The molecule has 4 atom stereocenters. The van der Waals surface area contributed by atoms with Crippen LogP contribution in [0.1, 0.15) is 5.89 Å². The van der Waals surface area contributed by atoms with E-state index in [9.17, 15) is 4.79 Å². The summed E-state index contributed by atoms with van der Waals surface area (Å²) in [7, 11) is 0. The topological polar surface area (TPSA) is 96.6 Å². The molecule has 0 radical (unpaired) electrons. The lowest BCUT2D eigenvalue weighted by Gasteiger charge is -2.24. The third-order valence-corrected chi connectivity index (χ3v) is 6.04. The third-order valence-electron chi connectivity index (χ3n) is 6.04. The second-order valence-corrected chi connectivity index (χ2v) is 7.12. The Morgan fingerprint density at radius 3 is 2.72 bits per heavy atom. The van der Waals surface area contributed by atoms with Crippen molar-refractivity contribution in [3.8, 4) is 11.4 Å². The van der Waals surface area contributed by atoms with E-state index in [0.29, 0.717) is 30.9 Å². The van der Waals surface area contributed by atoms with Crippen LogP contribution in [-0.4, -0.2) is 46.0 Å². The Hall–Kier alpha value is -2.32. The van der Waals surface area contributed by atoms with Gasteiger partial charge in [0, 0.05) is 41.6 Å². The smallest absolute Gasteiger partial charge is 0.339 e. The van der Waals surface area contributed by atoms with Crippen LogP contribution in [0.25, 0.3) is 11.4 Å². The molecule has 0 amide bonds. The summed E-state index contributed by atoms with van der Waals surface area (Å²) in [6, 6.07) is 3.57.